The second-order valence-corrected chi connectivity index (χ2v) is 3.67. The van der Waals surface area contributed by atoms with Crippen molar-refractivity contribution in [2.45, 2.75) is 0 Å². The van der Waals surface area contributed by atoms with Gasteiger partial charge in [-0.2, -0.15) is 0 Å². The summed E-state index contributed by atoms with van der Waals surface area (Å²) < 4.78 is 43.2. The van der Waals surface area contributed by atoms with Crippen molar-refractivity contribution in [2.75, 3.05) is 7.11 Å². The molecule has 2 aliphatic rings. The Hall–Kier alpha value is -0.678. The van der Waals surface area contributed by atoms with Gasteiger partial charge in [-0.05, 0) is 32.1 Å². The van der Waals surface area contributed by atoms with Crippen molar-refractivity contribution >= 4 is 4.57 Å². The van der Waals surface area contributed by atoms with Crippen LogP contribution in [-0.4, -0.2) is 11.7 Å². The van der Waals surface area contributed by atoms with E-state index in [4.69, 9.17) is 28.0 Å². The van der Waals surface area contributed by atoms with Crippen molar-refractivity contribution in [3.05, 3.63) is 109 Å². The largest absolute Gasteiger partial charge is 2.00 e. The Morgan fingerprint density at radius 3 is 1.30 bits per heavy atom. The molecule has 2 rings (SSSR count). The summed E-state index contributed by atoms with van der Waals surface area (Å²) in [5.74, 6) is 1.19. The summed E-state index contributed by atoms with van der Waals surface area (Å²) in [5.41, 5.74) is 0. The molecule has 10 radical (unpaired) electrons. The predicted molar refractivity (Wildman–Crippen MR) is 82.7 cm³/mol. The van der Waals surface area contributed by atoms with E-state index in [9.17, 15) is 0 Å². The molecule has 0 unspecified atom stereocenters. The van der Waals surface area contributed by atoms with Crippen LogP contribution in [0, 0.1) is 97.0 Å². The van der Waals surface area contributed by atoms with E-state index in [1.165, 1.54) is 5.92 Å². The number of ether oxygens (including phenoxy) is 1. The zero-order valence-corrected chi connectivity index (χ0v) is 16.4. The second-order valence-electron chi connectivity index (χ2n) is 3.04. The second kappa shape index (κ2) is 49.9. The third-order valence-electron chi connectivity index (χ3n) is 1.86. The van der Waals surface area contributed by atoms with Crippen LogP contribution in [0.5, 0.6) is 0 Å². The van der Waals surface area contributed by atoms with Gasteiger partial charge in [-0.25, -0.2) is 0 Å². The molecule has 0 spiro atoms. The van der Waals surface area contributed by atoms with Crippen molar-refractivity contribution in [2.24, 2.45) is 0 Å². The van der Waals surface area contributed by atoms with E-state index in [2.05, 4.69) is 49.1 Å². The van der Waals surface area contributed by atoms with Crippen molar-refractivity contribution in [3.63, 3.8) is 0 Å². The van der Waals surface area contributed by atoms with Gasteiger partial charge in [0.05, 0.1) is 0 Å². The Morgan fingerprint density at radius 1 is 0.741 bits per heavy atom. The van der Waals surface area contributed by atoms with Crippen molar-refractivity contribution in [1.29, 1.82) is 0 Å². The molecular weight excluding hydrogens is 432 g/mol. The van der Waals surface area contributed by atoms with Crippen LogP contribution in [0.4, 0.5) is 0 Å². The molecule has 2 saturated carbocycles. The predicted octanol–water partition coefficient (Wildman–Crippen LogP) is 2.10. The molecule has 138 valence electrons. The molecule has 0 aromatic carbocycles. The molecule has 27 heavy (non-hydrogen) atoms. The van der Waals surface area contributed by atoms with Crippen LogP contribution in [0.3, 0.4) is 0 Å². The Kier molecular flexibility index (Phi) is 75.6. The summed E-state index contributed by atoms with van der Waals surface area (Å²) >= 11 is 2.80. The fraction of sp³-hybridized carbons (Fsp3) is 0.0526. The van der Waals surface area contributed by atoms with Crippen LogP contribution in [0.25, 0.3) is 0 Å². The standard InChI is InChI=1S/C9H9O.C5H5.5CO.Cr.Fe/c1-10-8-4-7-9-5-2-3-6-9;1-2-4-5-3-1;5*1-2;;/h2-7H,1H3;1-5H;;;;;;;/q;;;;;;;;+2/b7-4+;;;;;;;;. The fourth-order valence-electron chi connectivity index (χ4n) is 1.05. The molecular formula is C19H14CrFeO6+2. The van der Waals surface area contributed by atoms with Gasteiger partial charge in [-0.3, -0.25) is 0 Å². The molecule has 0 atom stereocenters. The molecule has 2 fully saturated rings. The zero-order chi connectivity index (χ0) is 21.6. The molecule has 2 aliphatic carbocycles. The number of hydrogen-bond donors (Lipinski definition) is 0. The van der Waals surface area contributed by atoms with E-state index in [0.29, 0.717) is 0 Å². The minimum Gasteiger partial charge on any atom is -0.0312 e. The first-order chi connectivity index (χ1) is 12.8. The van der Waals surface area contributed by atoms with Crippen LogP contribution in [0.2, 0.25) is 0 Å². The van der Waals surface area contributed by atoms with Crippen LogP contribution in [-0.2, 0) is 60.9 Å². The Morgan fingerprint density at radius 2 is 1.04 bits per heavy atom. The van der Waals surface area contributed by atoms with E-state index in [1.54, 1.807) is 7.11 Å². The van der Waals surface area contributed by atoms with Crippen molar-refractivity contribution in [3.8, 4) is 0 Å². The Labute approximate surface area is 181 Å². The van der Waals surface area contributed by atoms with Gasteiger partial charge >= 0.3 is 150 Å². The molecule has 6 nitrogen and oxygen atoms in total. The summed E-state index contributed by atoms with van der Waals surface area (Å²) in [6, 6.07) is 0. The minimum atomic E-state index is 0. The quantitative estimate of drug-likeness (QED) is 0.370. The summed E-state index contributed by atoms with van der Waals surface area (Å²) in [5, 5.41) is 0. The third kappa shape index (κ3) is 41.0. The van der Waals surface area contributed by atoms with Crippen LogP contribution < -0.4 is 0 Å². The van der Waals surface area contributed by atoms with E-state index >= 15 is 0 Å². The number of rotatable bonds is 3. The summed E-state index contributed by atoms with van der Waals surface area (Å²) in [7, 11) is 1.64. The Bertz CT molecular complexity index is 360. The average molecular weight is 446 g/mol. The third-order valence-corrected chi connectivity index (χ3v) is 2.33. The molecule has 0 saturated heterocycles. The van der Waals surface area contributed by atoms with Gasteiger partial charge in [-0.1, -0.05) is 0 Å². The topological polar surface area (TPSA) is 109 Å². The molecule has 0 aliphatic heterocycles. The van der Waals surface area contributed by atoms with Gasteiger partial charge in [0.15, 0.2) is 0 Å². The van der Waals surface area contributed by atoms with E-state index in [0.717, 1.165) is 4.57 Å². The van der Waals surface area contributed by atoms with Gasteiger partial charge in [0.2, 0.25) is 0 Å². The number of allylic oxidation sites excluding steroid dienone is 1. The summed E-state index contributed by atoms with van der Waals surface area (Å²) in [4.78, 5) is 0. The molecule has 0 aromatic rings. The molecule has 0 bridgehead atoms. The maximum absolute atomic E-state index is 7.50. The van der Waals surface area contributed by atoms with E-state index < -0.39 is 0 Å². The monoisotopic (exact) mass is 446 g/mol. The normalized spacial score (nSPS) is 12.9. The zero-order valence-electron chi connectivity index (χ0n) is 14.1. The van der Waals surface area contributed by atoms with Crippen molar-refractivity contribution in [1.82, 2.24) is 0 Å². The summed E-state index contributed by atoms with van der Waals surface area (Å²) in [6.07, 6.45) is 22.0. The molecule has 0 aromatic heterocycles. The average Bonchev–Trinajstić information content (AvgIpc) is 3.50. The molecule has 0 N–H and O–H groups in total. The van der Waals surface area contributed by atoms with Gasteiger partial charge in [0.25, 0.3) is 0 Å². The minimum absolute atomic E-state index is 0. The van der Waals surface area contributed by atoms with Crippen LogP contribution >= 0.6 is 0 Å². The maximum Gasteiger partial charge on any atom is 2.00 e. The number of methoxy groups -OCH3 is 1. The SMILES string of the molecule is CO[C](=[Cr])/C=C/[C]1[CH][CH][CH][CH]1.[C-]#[O+].[C-]#[O+].[C-]#[O+].[C-]#[O+].[C-]#[O+].[CH]1[CH][CH][CH][CH]1.[Fe+2]. The Balaban J connectivity index is -0.0000000585. The maximum atomic E-state index is 7.50. The van der Waals surface area contributed by atoms with Crippen LogP contribution in [0.15, 0.2) is 12.2 Å². The van der Waals surface area contributed by atoms with E-state index in [1.807, 2.05) is 69.9 Å². The first-order valence-corrected chi connectivity index (χ1v) is 6.63. The fourth-order valence-corrected chi connectivity index (χ4v) is 1.16. The van der Waals surface area contributed by atoms with Gasteiger partial charge in [-0.15, -0.1) is 0 Å². The molecule has 0 heterocycles. The van der Waals surface area contributed by atoms with Crippen molar-refractivity contribution < 1.29 is 60.9 Å². The van der Waals surface area contributed by atoms with E-state index in [-0.39, 0.29) is 17.1 Å². The van der Waals surface area contributed by atoms with Gasteiger partial charge in [0, 0.05) is 0 Å². The molecule has 8 heteroatoms. The molecule has 0 amide bonds. The smallest absolute Gasteiger partial charge is 0.0312 e. The first kappa shape index (κ1) is 40.9. The summed E-state index contributed by atoms with van der Waals surface area (Å²) in [6.45, 7) is 22.5. The van der Waals surface area contributed by atoms with Crippen LogP contribution in [0.1, 0.15) is 0 Å². The van der Waals surface area contributed by atoms with Gasteiger partial charge < -0.3 is 0 Å². The van der Waals surface area contributed by atoms with Gasteiger partial charge in [0.1, 0.15) is 0 Å². The first-order valence-electron chi connectivity index (χ1n) is 5.99. The number of hydrogen-bond acceptors (Lipinski definition) is 1.